The second-order valence-electron chi connectivity index (χ2n) is 4.65. The minimum absolute atomic E-state index is 0.663. The third-order valence-corrected chi connectivity index (χ3v) is 3.95. The molecule has 0 aliphatic rings. The maximum Gasteiger partial charge on any atom is 0.119 e. The second kappa shape index (κ2) is 5.76. The minimum Gasteiger partial charge on any atom is -0.497 e. The average Bonchev–Trinajstić information content (AvgIpc) is 2.41. The third kappa shape index (κ3) is 2.99. The zero-order valence-corrected chi connectivity index (χ0v) is 12.9. The van der Waals surface area contributed by atoms with Crippen molar-refractivity contribution >= 4 is 15.9 Å². The summed E-state index contributed by atoms with van der Waals surface area (Å²) in [7, 11) is 1.62. The van der Waals surface area contributed by atoms with Crippen LogP contribution in [0, 0.1) is 13.8 Å². The molecule has 0 radical (unpaired) electrons. The number of rotatable bonds is 3. The van der Waals surface area contributed by atoms with Crippen LogP contribution in [0.4, 0.5) is 0 Å². The van der Waals surface area contributed by atoms with Crippen molar-refractivity contribution in [2.24, 2.45) is 0 Å². The number of hydrogen-bond acceptors (Lipinski definition) is 2. The van der Waals surface area contributed by atoms with Crippen LogP contribution in [0.25, 0.3) is 0 Å². The fraction of sp³-hybridized carbons (Fsp3) is 0.250. The molecule has 1 N–H and O–H groups in total. The van der Waals surface area contributed by atoms with E-state index in [1.165, 1.54) is 0 Å². The molecule has 0 heterocycles. The molecule has 0 aromatic heterocycles. The van der Waals surface area contributed by atoms with Crippen LogP contribution in [-0.2, 0) is 0 Å². The van der Waals surface area contributed by atoms with Gasteiger partial charge in [0.2, 0.25) is 0 Å². The lowest BCUT2D eigenvalue weighted by Crippen LogP contribution is -2.04. The van der Waals surface area contributed by atoms with Crippen molar-refractivity contribution in [1.29, 1.82) is 0 Å². The van der Waals surface area contributed by atoms with Crippen molar-refractivity contribution in [2.45, 2.75) is 20.0 Å². The largest absolute Gasteiger partial charge is 0.497 e. The molecule has 19 heavy (non-hydrogen) atoms. The number of halogens is 1. The Morgan fingerprint density at radius 2 is 1.79 bits per heavy atom. The van der Waals surface area contributed by atoms with Gasteiger partial charge >= 0.3 is 0 Å². The van der Waals surface area contributed by atoms with Crippen LogP contribution in [0.5, 0.6) is 5.75 Å². The first-order valence-electron chi connectivity index (χ1n) is 6.11. The molecular weight excluding hydrogens is 304 g/mol. The van der Waals surface area contributed by atoms with Crippen LogP contribution >= 0.6 is 15.9 Å². The van der Waals surface area contributed by atoms with Crippen LogP contribution in [-0.4, -0.2) is 12.2 Å². The quantitative estimate of drug-likeness (QED) is 0.920. The fourth-order valence-corrected chi connectivity index (χ4v) is 2.54. The number of hydrogen-bond donors (Lipinski definition) is 1. The van der Waals surface area contributed by atoms with Gasteiger partial charge < -0.3 is 9.84 Å². The molecule has 0 fully saturated rings. The number of aliphatic hydroxyl groups is 1. The molecule has 2 aromatic carbocycles. The maximum atomic E-state index is 10.6. The van der Waals surface area contributed by atoms with Gasteiger partial charge in [0.05, 0.1) is 7.11 Å². The molecule has 100 valence electrons. The maximum absolute atomic E-state index is 10.6. The van der Waals surface area contributed by atoms with E-state index in [0.717, 1.165) is 32.5 Å². The summed E-state index contributed by atoms with van der Waals surface area (Å²) in [5.41, 5.74) is 3.95. The zero-order chi connectivity index (χ0) is 14.0. The van der Waals surface area contributed by atoms with E-state index in [0.29, 0.717) is 0 Å². The Hall–Kier alpha value is -1.32. The molecule has 0 aliphatic carbocycles. The number of ether oxygens (including phenoxy) is 1. The van der Waals surface area contributed by atoms with Gasteiger partial charge in [0, 0.05) is 10.0 Å². The second-order valence-corrected chi connectivity index (χ2v) is 5.50. The van der Waals surface area contributed by atoms with Crippen molar-refractivity contribution in [3.05, 3.63) is 63.1 Å². The molecule has 2 rings (SSSR count). The van der Waals surface area contributed by atoms with Gasteiger partial charge in [0.15, 0.2) is 0 Å². The van der Waals surface area contributed by atoms with Crippen molar-refractivity contribution in [3.63, 3.8) is 0 Å². The van der Waals surface area contributed by atoms with E-state index < -0.39 is 6.10 Å². The molecule has 0 saturated heterocycles. The number of methoxy groups -OCH3 is 1. The molecule has 2 aromatic rings. The normalized spacial score (nSPS) is 12.3. The highest BCUT2D eigenvalue weighted by molar-refractivity contribution is 9.10. The Bertz CT molecular complexity index is 593. The van der Waals surface area contributed by atoms with Gasteiger partial charge in [-0.2, -0.15) is 0 Å². The first-order valence-corrected chi connectivity index (χ1v) is 6.91. The molecule has 3 heteroatoms. The summed E-state index contributed by atoms with van der Waals surface area (Å²) >= 11 is 3.49. The molecule has 0 saturated carbocycles. The van der Waals surface area contributed by atoms with E-state index in [9.17, 15) is 5.11 Å². The Morgan fingerprint density at radius 3 is 2.47 bits per heavy atom. The number of aliphatic hydroxyl groups excluding tert-OH is 1. The number of aryl methyl sites for hydroxylation is 2. The lowest BCUT2D eigenvalue weighted by atomic mass is 9.96. The third-order valence-electron chi connectivity index (χ3n) is 3.23. The van der Waals surface area contributed by atoms with Crippen LogP contribution in [0.1, 0.15) is 28.4 Å². The van der Waals surface area contributed by atoms with Gasteiger partial charge in [-0.15, -0.1) is 0 Å². The SMILES string of the molecule is COc1ccc(Br)c(C(O)c2cc(C)ccc2C)c1. The van der Waals surface area contributed by atoms with E-state index >= 15 is 0 Å². The smallest absolute Gasteiger partial charge is 0.119 e. The van der Waals surface area contributed by atoms with Gasteiger partial charge in [-0.3, -0.25) is 0 Å². The standard InChI is InChI=1S/C16H17BrO2/c1-10-4-5-11(2)13(8-10)16(18)14-9-12(19-3)6-7-15(14)17/h4-9,16,18H,1-3H3. The minimum atomic E-state index is -0.663. The lowest BCUT2D eigenvalue weighted by Gasteiger charge is -2.17. The predicted molar refractivity (Wildman–Crippen MR) is 80.7 cm³/mol. The molecule has 0 aliphatic heterocycles. The van der Waals surface area contributed by atoms with E-state index in [2.05, 4.69) is 15.9 Å². The topological polar surface area (TPSA) is 29.5 Å². The van der Waals surface area contributed by atoms with Crippen LogP contribution in [0.3, 0.4) is 0 Å². The lowest BCUT2D eigenvalue weighted by molar-refractivity contribution is 0.218. The van der Waals surface area contributed by atoms with Crippen molar-refractivity contribution in [3.8, 4) is 5.75 Å². The Balaban J connectivity index is 2.48. The molecule has 0 bridgehead atoms. The predicted octanol–water partition coefficient (Wildman–Crippen LogP) is 4.16. The van der Waals surface area contributed by atoms with E-state index in [1.807, 2.05) is 50.2 Å². The highest BCUT2D eigenvalue weighted by Gasteiger charge is 2.16. The van der Waals surface area contributed by atoms with Gasteiger partial charge in [-0.1, -0.05) is 39.7 Å². The first-order chi connectivity index (χ1) is 9.02. The van der Waals surface area contributed by atoms with Crippen molar-refractivity contribution < 1.29 is 9.84 Å². The summed E-state index contributed by atoms with van der Waals surface area (Å²) in [5, 5.41) is 10.6. The van der Waals surface area contributed by atoms with Crippen LogP contribution in [0.15, 0.2) is 40.9 Å². The van der Waals surface area contributed by atoms with Crippen LogP contribution < -0.4 is 4.74 Å². The molecule has 0 spiro atoms. The van der Waals surface area contributed by atoms with Gasteiger partial charge in [-0.25, -0.2) is 0 Å². The van der Waals surface area contributed by atoms with E-state index in [-0.39, 0.29) is 0 Å². The van der Waals surface area contributed by atoms with E-state index in [1.54, 1.807) is 7.11 Å². The molecule has 1 unspecified atom stereocenters. The highest BCUT2D eigenvalue weighted by atomic mass is 79.9. The van der Waals surface area contributed by atoms with Gasteiger partial charge in [0.25, 0.3) is 0 Å². The Labute approximate surface area is 122 Å². The van der Waals surface area contributed by atoms with Crippen LogP contribution in [0.2, 0.25) is 0 Å². The molecule has 1 atom stereocenters. The summed E-state index contributed by atoms with van der Waals surface area (Å²) in [5.74, 6) is 0.738. The molecular formula is C16H17BrO2. The Morgan fingerprint density at radius 1 is 1.05 bits per heavy atom. The summed E-state index contributed by atoms with van der Waals surface area (Å²) in [4.78, 5) is 0. The summed E-state index contributed by atoms with van der Waals surface area (Å²) < 4.78 is 6.09. The summed E-state index contributed by atoms with van der Waals surface area (Å²) in [6.45, 7) is 4.03. The fourth-order valence-electron chi connectivity index (χ4n) is 2.08. The van der Waals surface area contributed by atoms with Gasteiger partial charge in [0.1, 0.15) is 11.9 Å². The summed E-state index contributed by atoms with van der Waals surface area (Å²) in [6.07, 6.45) is -0.663. The summed E-state index contributed by atoms with van der Waals surface area (Å²) in [6, 6.07) is 11.7. The molecule has 0 amide bonds. The first kappa shape index (κ1) is 14.1. The monoisotopic (exact) mass is 320 g/mol. The number of benzene rings is 2. The average molecular weight is 321 g/mol. The highest BCUT2D eigenvalue weighted by Crippen LogP contribution is 2.33. The van der Waals surface area contributed by atoms with E-state index in [4.69, 9.17) is 4.74 Å². The van der Waals surface area contributed by atoms with Crippen molar-refractivity contribution in [2.75, 3.05) is 7.11 Å². The van der Waals surface area contributed by atoms with Crippen molar-refractivity contribution in [1.82, 2.24) is 0 Å². The zero-order valence-electron chi connectivity index (χ0n) is 11.3. The molecule has 2 nitrogen and oxygen atoms in total. The Kier molecular flexibility index (Phi) is 4.27. The van der Waals surface area contributed by atoms with Gasteiger partial charge in [-0.05, 0) is 43.2 Å².